The van der Waals surface area contributed by atoms with Gasteiger partial charge in [0.2, 0.25) is 5.91 Å². The van der Waals surface area contributed by atoms with Gasteiger partial charge in [-0.2, -0.15) is 0 Å². The number of carbonyl (C=O) groups is 1. The second-order valence-electron chi connectivity index (χ2n) is 23.5. The minimum Gasteiger partial charge on any atom is -0.387 e. The monoisotopic (exact) mass is 1060 g/mol. The Bertz CT molecular complexity index is 1300. The fourth-order valence-corrected chi connectivity index (χ4v) is 10.5. The van der Waals surface area contributed by atoms with Crippen LogP contribution in [-0.4, -0.2) is 73.4 Å². The van der Waals surface area contributed by atoms with Crippen molar-refractivity contribution in [1.29, 1.82) is 0 Å². The Labute approximate surface area is 461 Å². The van der Waals surface area contributed by atoms with E-state index < -0.39 is 20.0 Å². The predicted molar refractivity (Wildman–Crippen MR) is 323 cm³/mol. The van der Waals surface area contributed by atoms with E-state index in [9.17, 15) is 19.4 Å². The Morgan fingerprint density at radius 1 is 0.446 bits per heavy atom. The number of phosphoric acid groups is 1. The van der Waals surface area contributed by atoms with Gasteiger partial charge in [-0.3, -0.25) is 13.8 Å². The van der Waals surface area contributed by atoms with Crippen LogP contribution in [0.1, 0.15) is 322 Å². The number of amides is 1. The van der Waals surface area contributed by atoms with Crippen molar-refractivity contribution in [3.63, 3.8) is 0 Å². The van der Waals surface area contributed by atoms with Crippen LogP contribution < -0.4 is 5.32 Å². The van der Waals surface area contributed by atoms with Crippen molar-refractivity contribution in [3.8, 4) is 0 Å². The van der Waals surface area contributed by atoms with Crippen LogP contribution in [0.4, 0.5) is 0 Å². The van der Waals surface area contributed by atoms with Gasteiger partial charge in [0.05, 0.1) is 39.9 Å². The highest BCUT2D eigenvalue weighted by Gasteiger charge is 2.27. The number of aliphatic hydroxyl groups is 1. The van der Waals surface area contributed by atoms with Crippen LogP contribution in [0, 0.1) is 0 Å². The summed E-state index contributed by atoms with van der Waals surface area (Å²) in [5.74, 6) is -0.186. The van der Waals surface area contributed by atoms with E-state index in [2.05, 4.69) is 43.5 Å². The number of rotatable bonds is 60. The Kier molecular flexibility index (Phi) is 55.5. The molecule has 0 aliphatic rings. The van der Waals surface area contributed by atoms with Gasteiger partial charge in [0, 0.05) is 6.42 Å². The Balaban J connectivity index is 3.85. The zero-order valence-electron chi connectivity index (χ0n) is 50.1. The van der Waals surface area contributed by atoms with E-state index in [-0.39, 0.29) is 19.1 Å². The normalized spacial score (nSPS) is 14.0. The van der Waals surface area contributed by atoms with Crippen LogP contribution in [0.5, 0.6) is 0 Å². The summed E-state index contributed by atoms with van der Waals surface area (Å²) in [6.07, 6.45) is 74.6. The minimum atomic E-state index is -4.35. The van der Waals surface area contributed by atoms with Gasteiger partial charge >= 0.3 is 7.82 Å². The summed E-state index contributed by atoms with van der Waals surface area (Å²) in [7, 11) is 1.56. The average Bonchev–Trinajstić information content (AvgIpc) is 3.36. The van der Waals surface area contributed by atoms with E-state index in [0.717, 1.165) is 51.4 Å². The first-order chi connectivity index (χ1) is 36.0. The molecule has 0 fully saturated rings. The van der Waals surface area contributed by atoms with Crippen molar-refractivity contribution in [2.24, 2.45) is 0 Å². The number of quaternary nitrogens is 1. The predicted octanol–water partition coefficient (Wildman–Crippen LogP) is 20.1. The van der Waals surface area contributed by atoms with Crippen LogP contribution in [0.15, 0.2) is 36.5 Å². The van der Waals surface area contributed by atoms with Gasteiger partial charge in [-0.15, -0.1) is 0 Å². The molecule has 0 saturated heterocycles. The molecule has 74 heavy (non-hydrogen) atoms. The molecule has 0 radical (unpaired) electrons. The molecule has 0 aliphatic heterocycles. The van der Waals surface area contributed by atoms with Crippen LogP contribution in [0.25, 0.3) is 0 Å². The summed E-state index contributed by atoms with van der Waals surface area (Å²) >= 11 is 0. The quantitative estimate of drug-likeness (QED) is 0.0243. The SMILES string of the molecule is CCCCC/C=C/CC/C=C/CC/C=C/C(O)C(COP(=O)(O)OCC[N+](C)(C)C)NC(=O)CCCCCCCCCCCCCCCCCCCCCCCCCCCCCCCCCCCCCCCCC. The zero-order valence-corrected chi connectivity index (χ0v) is 51.0. The number of nitrogens with zero attached hydrogens (tertiary/aromatic N) is 1. The minimum absolute atomic E-state index is 0.0549. The Hall–Kier alpha value is -1.28. The number of unbranched alkanes of at least 4 members (excludes halogenated alkanes) is 43. The molecule has 1 amide bonds. The first-order valence-corrected chi connectivity index (χ1v) is 33.9. The van der Waals surface area contributed by atoms with Crippen molar-refractivity contribution in [2.75, 3.05) is 40.9 Å². The molecule has 0 rings (SSSR count). The van der Waals surface area contributed by atoms with Crippen LogP contribution in [-0.2, 0) is 18.4 Å². The van der Waals surface area contributed by atoms with Crippen LogP contribution >= 0.6 is 7.82 Å². The summed E-state index contributed by atoms with van der Waals surface area (Å²) in [4.78, 5) is 23.3. The number of nitrogens with one attached hydrogen (secondary N) is 1. The molecule has 438 valence electrons. The summed E-state index contributed by atoms with van der Waals surface area (Å²) in [6.45, 7) is 4.78. The summed E-state index contributed by atoms with van der Waals surface area (Å²) in [5, 5.41) is 13.9. The van der Waals surface area contributed by atoms with E-state index in [4.69, 9.17) is 9.05 Å². The lowest BCUT2D eigenvalue weighted by atomic mass is 10.0. The standard InChI is InChI=1S/C65H127N2O6P/c1-6-8-10-12-14-16-18-20-21-22-23-24-25-26-27-28-29-30-31-32-33-34-35-36-37-38-39-40-41-42-43-44-45-47-49-51-53-55-57-59-65(69)66-63(62-73-74(70,71)72-61-60-67(3,4)5)64(68)58-56-54-52-50-48-46-19-17-15-13-11-9-7-2/h15,17,48,50,56,58,63-64,68H,6-14,16,18-47,49,51-55,57,59-62H2,1-5H3,(H-,66,69,70,71)/p+1/b17-15+,50-48+,58-56+. The molecule has 3 atom stereocenters. The van der Waals surface area contributed by atoms with Crippen LogP contribution in [0.3, 0.4) is 0 Å². The third-order valence-corrected chi connectivity index (χ3v) is 15.8. The van der Waals surface area contributed by atoms with Gasteiger partial charge in [-0.25, -0.2) is 4.57 Å². The molecule has 0 aliphatic carbocycles. The summed E-state index contributed by atoms with van der Waals surface area (Å²) in [6, 6.07) is -0.867. The number of carbonyl (C=O) groups excluding carboxylic acids is 1. The number of hydrogen-bond acceptors (Lipinski definition) is 5. The molecule has 3 unspecified atom stereocenters. The summed E-state index contributed by atoms with van der Waals surface area (Å²) in [5.41, 5.74) is 0. The van der Waals surface area contributed by atoms with Gasteiger partial charge in [0.15, 0.2) is 0 Å². The fourth-order valence-electron chi connectivity index (χ4n) is 9.78. The summed E-state index contributed by atoms with van der Waals surface area (Å²) < 4.78 is 23.7. The largest absolute Gasteiger partial charge is 0.472 e. The molecule has 9 heteroatoms. The third kappa shape index (κ3) is 58.4. The molecule has 3 N–H and O–H groups in total. The second kappa shape index (κ2) is 56.4. The smallest absolute Gasteiger partial charge is 0.387 e. The van der Waals surface area contributed by atoms with Gasteiger partial charge in [0.1, 0.15) is 13.2 Å². The zero-order chi connectivity index (χ0) is 54.2. The molecule has 0 aromatic heterocycles. The fraction of sp³-hybridized carbons (Fsp3) is 0.892. The van der Waals surface area contributed by atoms with Crippen molar-refractivity contribution >= 4 is 13.7 Å². The number of phosphoric ester groups is 1. The highest BCUT2D eigenvalue weighted by molar-refractivity contribution is 7.47. The average molecular weight is 1060 g/mol. The number of hydrogen-bond donors (Lipinski definition) is 3. The maximum absolute atomic E-state index is 13.0. The topological polar surface area (TPSA) is 105 Å². The maximum atomic E-state index is 13.0. The van der Waals surface area contributed by atoms with Crippen molar-refractivity contribution in [1.82, 2.24) is 5.32 Å². The lowest BCUT2D eigenvalue weighted by molar-refractivity contribution is -0.870. The highest BCUT2D eigenvalue weighted by atomic mass is 31.2. The van der Waals surface area contributed by atoms with Gasteiger partial charge in [-0.05, 0) is 44.9 Å². The molecular weight excluding hydrogens is 936 g/mol. The van der Waals surface area contributed by atoms with Crippen LogP contribution in [0.2, 0.25) is 0 Å². The lowest BCUT2D eigenvalue weighted by Crippen LogP contribution is -2.45. The number of allylic oxidation sites excluding steroid dienone is 5. The molecule has 0 aromatic rings. The number of aliphatic hydroxyl groups excluding tert-OH is 1. The molecule has 0 heterocycles. The molecule has 0 saturated carbocycles. The van der Waals surface area contributed by atoms with Crippen molar-refractivity contribution in [3.05, 3.63) is 36.5 Å². The molecule has 8 nitrogen and oxygen atoms in total. The molecule has 0 bridgehead atoms. The Morgan fingerprint density at radius 2 is 0.743 bits per heavy atom. The molecular formula is C65H128N2O6P+. The maximum Gasteiger partial charge on any atom is 0.472 e. The van der Waals surface area contributed by atoms with Gasteiger partial charge in [0.25, 0.3) is 0 Å². The number of likely N-dealkylation sites (N-methyl/N-ethyl adjacent to an activating group) is 1. The van der Waals surface area contributed by atoms with Gasteiger partial charge < -0.3 is 19.8 Å². The molecule has 0 spiro atoms. The lowest BCUT2D eigenvalue weighted by Gasteiger charge is -2.25. The van der Waals surface area contributed by atoms with E-state index in [1.807, 2.05) is 27.2 Å². The van der Waals surface area contributed by atoms with E-state index >= 15 is 0 Å². The first-order valence-electron chi connectivity index (χ1n) is 32.4. The second-order valence-corrected chi connectivity index (χ2v) is 24.9. The van der Waals surface area contributed by atoms with Crippen molar-refractivity contribution in [2.45, 2.75) is 334 Å². The third-order valence-electron chi connectivity index (χ3n) is 14.8. The van der Waals surface area contributed by atoms with Gasteiger partial charge in [-0.1, -0.05) is 307 Å². The van der Waals surface area contributed by atoms with Crippen molar-refractivity contribution < 1.29 is 32.9 Å². The van der Waals surface area contributed by atoms with E-state index in [1.54, 1.807) is 6.08 Å². The van der Waals surface area contributed by atoms with E-state index in [1.165, 1.54) is 250 Å². The Morgan fingerprint density at radius 3 is 1.08 bits per heavy atom. The highest BCUT2D eigenvalue weighted by Crippen LogP contribution is 2.43. The van der Waals surface area contributed by atoms with E-state index in [0.29, 0.717) is 17.4 Å². The first kappa shape index (κ1) is 72.7. The molecule has 0 aromatic carbocycles.